The second-order valence-corrected chi connectivity index (χ2v) is 10.7. The minimum absolute atomic E-state index is 0.00243. The van der Waals surface area contributed by atoms with Crippen LogP contribution in [0.4, 0.5) is 0 Å². The van der Waals surface area contributed by atoms with E-state index in [1.807, 2.05) is 0 Å². The van der Waals surface area contributed by atoms with Crippen LogP contribution in [0, 0.1) is 12.8 Å². The maximum absolute atomic E-state index is 12.7. The largest absolute Gasteiger partial charge is 0.463 e. The second kappa shape index (κ2) is 6.34. The Kier molecular flexibility index (Phi) is 4.29. The van der Waals surface area contributed by atoms with E-state index in [4.69, 9.17) is 4.74 Å². The Labute approximate surface area is 151 Å². The van der Waals surface area contributed by atoms with E-state index in [2.05, 4.69) is 33.9 Å². The van der Waals surface area contributed by atoms with Crippen LogP contribution < -0.4 is 4.74 Å². The van der Waals surface area contributed by atoms with Crippen LogP contribution >= 0.6 is 11.3 Å². The molecular weight excluding hydrogens is 358 g/mol. The van der Waals surface area contributed by atoms with Crippen LogP contribution in [0.15, 0.2) is 30.6 Å². The van der Waals surface area contributed by atoms with E-state index >= 15 is 0 Å². The van der Waals surface area contributed by atoms with Gasteiger partial charge in [0.15, 0.2) is 9.84 Å². The third-order valence-corrected chi connectivity index (χ3v) is 8.80. The molecule has 2 fully saturated rings. The molecule has 1 spiro atoms. The fraction of sp³-hybridized carbons (Fsp3) is 0.529. The van der Waals surface area contributed by atoms with Gasteiger partial charge in [0.05, 0.1) is 12.4 Å². The van der Waals surface area contributed by atoms with Crippen molar-refractivity contribution in [3.8, 4) is 6.01 Å². The van der Waals surface area contributed by atoms with Crippen LogP contribution in [0.2, 0.25) is 0 Å². The second-order valence-electron chi connectivity index (χ2n) is 6.87. The lowest BCUT2D eigenvalue weighted by Crippen LogP contribution is -2.67. The number of thiophene rings is 1. The van der Waals surface area contributed by atoms with Crippen molar-refractivity contribution in [2.75, 3.05) is 25.4 Å². The van der Waals surface area contributed by atoms with Crippen LogP contribution in [-0.2, 0) is 16.4 Å². The number of rotatable bonds is 5. The molecule has 2 aromatic rings. The number of hydrogen-bond donors (Lipinski definition) is 0. The number of aromatic nitrogens is 2. The fourth-order valence-electron chi connectivity index (χ4n) is 3.86. The van der Waals surface area contributed by atoms with Gasteiger partial charge >= 0.3 is 6.01 Å². The molecule has 6 nitrogen and oxygen atoms in total. The Bertz CT molecular complexity index is 845. The Balaban J connectivity index is 1.43. The standard InChI is InChI=1S/C17H21N3O3S2/c1-13-3-4-15(24-13)9-20-11-17(12-20)14(5-8-25(17,21)22)10-23-16-18-6-2-7-19-16/h2-4,6-7,14H,5,8-12H2,1H3/t14-/m1/s1. The highest BCUT2D eigenvalue weighted by atomic mass is 32.2. The van der Waals surface area contributed by atoms with Gasteiger partial charge in [0.1, 0.15) is 4.75 Å². The van der Waals surface area contributed by atoms with Gasteiger partial charge in [0.25, 0.3) is 0 Å². The number of sulfone groups is 1. The minimum Gasteiger partial charge on any atom is -0.463 e. The van der Waals surface area contributed by atoms with Crippen LogP contribution in [0.25, 0.3) is 0 Å². The van der Waals surface area contributed by atoms with Gasteiger partial charge in [-0.15, -0.1) is 11.3 Å². The predicted molar refractivity (Wildman–Crippen MR) is 96.5 cm³/mol. The topological polar surface area (TPSA) is 72.4 Å². The van der Waals surface area contributed by atoms with Gasteiger partial charge < -0.3 is 4.74 Å². The molecule has 4 rings (SSSR count). The van der Waals surface area contributed by atoms with E-state index in [1.165, 1.54) is 9.75 Å². The molecule has 0 N–H and O–H groups in total. The third-order valence-electron chi connectivity index (χ3n) is 5.21. The van der Waals surface area contributed by atoms with Gasteiger partial charge in [-0.05, 0) is 31.5 Å². The lowest BCUT2D eigenvalue weighted by molar-refractivity contribution is 0.0580. The van der Waals surface area contributed by atoms with Crippen molar-refractivity contribution < 1.29 is 13.2 Å². The van der Waals surface area contributed by atoms with Crippen LogP contribution in [0.5, 0.6) is 6.01 Å². The highest BCUT2D eigenvalue weighted by Crippen LogP contribution is 2.45. The van der Waals surface area contributed by atoms with Crippen molar-refractivity contribution in [2.24, 2.45) is 5.92 Å². The quantitative estimate of drug-likeness (QED) is 0.790. The molecule has 2 aliphatic rings. The highest BCUT2D eigenvalue weighted by molar-refractivity contribution is 7.93. The molecule has 8 heteroatoms. The molecule has 0 radical (unpaired) electrons. The van der Waals surface area contributed by atoms with Crippen LogP contribution in [-0.4, -0.2) is 53.5 Å². The average molecular weight is 380 g/mol. The normalized spacial score (nSPS) is 24.3. The summed E-state index contributed by atoms with van der Waals surface area (Å²) in [5.41, 5.74) is 0. The Morgan fingerprint density at radius 3 is 2.76 bits per heavy atom. The van der Waals surface area contributed by atoms with E-state index in [9.17, 15) is 8.42 Å². The first-order valence-electron chi connectivity index (χ1n) is 8.38. The number of ether oxygens (including phenoxy) is 1. The molecular formula is C17H21N3O3S2. The van der Waals surface area contributed by atoms with E-state index in [0.29, 0.717) is 32.1 Å². The average Bonchev–Trinajstić information content (AvgIpc) is 3.08. The predicted octanol–water partition coefficient (Wildman–Crippen LogP) is 1.91. The molecule has 0 aromatic carbocycles. The van der Waals surface area contributed by atoms with Gasteiger partial charge in [-0.1, -0.05) is 0 Å². The smallest absolute Gasteiger partial charge is 0.316 e. The molecule has 0 unspecified atom stereocenters. The molecule has 2 aliphatic heterocycles. The van der Waals surface area contributed by atoms with Gasteiger partial charge in [0.2, 0.25) is 0 Å². The molecule has 2 aromatic heterocycles. The zero-order chi connectivity index (χ0) is 17.5. The highest BCUT2D eigenvalue weighted by Gasteiger charge is 2.61. The van der Waals surface area contributed by atoms with Crippen LogP contribution in [0.1, 0.15) is 16.2 Å². The molecule has 4 heterocycles. The first kappa shape index (κ1) is 16.9. The van der Waals surface area contributed by atoms with Gasteiger partial charge in [0, 0.05) is 47.7 Å². The third kappa shape index (κ3) is 3.07. The summed E-state index contributed by atoms with van der Waals surface area (Å²) in [7, 11) is -3.08. The maximum Gasteiger partial charge on any atom is 0.316 e. The fourth-order valence-corrected chi connectivity index (χ4v) is 7.24. The molecule has 1 atom stereocenters. The summed E-state index contributed by atoms with van der Waals surface area (Å²) in [6.07, 6.45) is 3.90. The van der Waals surface area contributed by atoms with Crippen molar-refractivity contribution >= 4 is 21.2 Å². The SMILES string of the molecule is Cc1ccc(CN2CC3(C2)[C@@H](COc2ncccn2)CCS3(=O)=O)s1. The van der Waals surface area contributed by atoms with Crippen molar-refractivity contribution in [3.63, 3.8) is 0 Å². The monoisotopic (exact) mass is 379 g/mol. The van der Waals surface area contributed by atoms with Crippen molar-refractivity contribution in [1.29, 1.82) is 0 Å². The van der Waals surface area contributed by atoms with Gasteiger partial charge in [-0.25, -0.2) is 18.4 Å². The summed E-state index contributed by atoms with van der Waals surface area (Å²) in [4.78, 5) is 12.9. The summed E-state index contributed by atoms with van der Waals surface area (Å²) in [5.74, 6) is 0.255. The van der Waals surface area contributed by atoms with Crippen molar-refractivity contribution in [2.45, 2.75) is 24.6 Å². The van der Waals surface area contributed by atoms with E-state index in [1.54, 1.807) is 29.8 Å². The maximum atomic E-state index is 12.7. The molecule has 0 bridgehead atoms. The van der Waals surface area contributed by atoms with E-state index in [-0.39, 0.29) is 11.7 Å². The summed E-state index contributed by atoms with van der Waals surface area (Å²) < 4.78 is 30.4. The Morgan fingerprint density at radius 1 is 1.32 bits per heavy atom. The Hall–Kier alpha value is -1.51. The molecule has 0 amide bonds. The first-order chi connectivity index (χ1) is 12.0. The molecule has 0 aliphatic carbocycles. The molecule has 25 heavy (non-hydrogen) atoms. The van der Waals surface area contributed by atoms with Gasteiger partial charge in [-0.2, -0.15) is 0 Å². The molecule has 0 saturated carbocycles. The summed E-state index contributed by atoms with van der Waals surface area (Å²) in [6.45, 7) is 4.46. The Morgan fingerprint density at radius 2 is 2.08 bits per heavy atom. The lowest BCUT2D eigenvalue weighted by Gasteiger charge is -2.49. The summed E-state index contributed by atoms with van der Waals surface area (Å²) >= 11 is 1.77. The minimum atomic E-state index is -3.08. The summed E-state index contributed by atoms with van der Waals surface area (Å²) in [5, 5.41) is 0. The first-order valence-corrected chi connectivity index (χ1v) is 10.9. The van der Waals surface area contributed by atoms with E-state index < -0.39 is 14.6 Å². The van der Waals surface area contributed by atoms with E-state index in [0.717, 1.165) is 6.54 Å². The number of nitrogens with zero attached hydrogens (tertiary/aromatic N) is 3. The van der Waals surface area contributed by atoms with Crippen LogP contribution in [0.3, 0.4) is 0 Å². The molecule has 134 valence electrons. The van der Waals surface area contributed by atoms with Crippen molar-refractivity contribution in [3.05, 3.63) is 40.3 Å². The summed E-state index contributed by atoms with van der Waals surface area (Å²) in [6, 6.07) is 6.27. The zero-order valence-corrected chi connectivity index (χ0v) is 15.7. The number of likely N-dealkylation sites (tertiary alicyclic amines) is 1. The number of aryl methyl sites for hydroxylation is 1. The zero-order valence-electron chi connectivity index (χ0n) is 14.1. The van der Waals surface area contributed by atoms with Gasteiger partial charge in [-0.3, -0.25) is 4.90 Å². The molecule has 2 saturated heterocycles. The van der Waals surface area contributed by atoms with Crippen molar-refractivity contribution in [1.82, 2.24) is 14.9 Å². The number of hydrogen-bond acceptors (Lipinski definition) is 7. The lowest BCUT2D eigenvalue weighted by atomic mass is 9.83.